The van der Waals surface area contributed by atoms with Crippen LogP contribution in [0.2, 0.25) is 10.2 Å². The van der Waals surface area contributed by atoms with E-state index in [0.717, 1.165) is 6.26 Å². The van der Waals surface area contributed by atoms with Gasteiger partial charge in [0.2, 0.25) is 0 Å². The molecule has 0 saturated carbocycles. The number of carbonyl (C=O) groups is 1. The molecule has 0 fully saturated rings. The van der Waals surface area contributed by atoms with Crippen LogP contribution in [0.15, 0.2) is 12.1 Å². The topological polar surface area (TPSA) is 76.1 Å². The smallest absolute Gasteiger partial charge is 0.271 e. The van der Waals surface area contributed by atoms with E-state index in [2.05, 4.69) is 10.3 Å². The van der Waals surface area contributed by atoms with Crippen LogP contribution in [0.1, 0.15) is 17.4 Å². The van der Waals surface area contributed by atoms with Crippen LogP contribution >= 0.6 is 23.2 Å². The largest absolute Gasteiger partial charge is 0.347 e. The third-order valence-corrected chi connectivity index (χ3v) is 3.58. The number of nitrogens with zero attached hydrogens (tertiary/aromatic N) is 1. The van der Waals surface area contributed by atoms with Crippen molar-refractivity contribution >= 4 is 38.9 Å². The molecule has 0 aliphatic carbocycles. The second kappa shape index (κ2) is 5.86. The minimum atomic E-state index is -3.16. The molecule has 0 aromatic carbocycles. The summed E-state index contributed by atoms with van der Waals surface area (Å²) in [6, 6.07) is 2.37. The predicted octanol–water partition coefficient (Wildman–Crippen LogP) is 1.55. The summed E-state index contributed by atoms with van der Waals surface area (Å²) in [5.74, 6) is -0.713. The number of hydrogen-bond donors (Lipinski definition) is 1. The molecule has 5 nitrogen and oxygen atoms in total. The van der Waals surface area contributed by atoms with Gasteiger partial charge in [0.25, 0.3) is 5.91 Å². The fourth-order valence-corrected chi connectivity index (χ4v) is 2.70. The van der Waals surface area contributed by atoms with E-state index in [4.69, 9.17) is 23.2 Å². The van der Waals surface area contributed by atoms with E-state index in [1.807, 2.05) is 0 Å². The van der Waals surface area contributed by atoms with Crippen LogP contribution in [-0.4, -0.2) is 37.4 Å². The lowest BCUT2D eigenvalue weighted by molar-refractivity contribution is 0.0939. The van der Waals surface area contributed by atoms with Crippen molar-refractivity contribution < 1.29 is 13.2 Å². The first kappa shape index (κ1) is 15.2. The molecule has 1 aromatic heterocycles. The predicted molar refractivity (Wildman–Crippen MR) is 70.9 cm³/mol. The quantitative estimate of drug-likeness (QED) is 0.856. The Labute approximate surface area is 115 Å². The van der Waals surface area contributed by atoms with Crippen LogP contribution in [0, 0.1) is 0 Å². The molecule has 0 saturated heterocycles. The van der Waals surface area contributed by atoms with Crippen LogP contribution in [0.25, 0.3) is 0 Å². The molecule has 1 heterocycles. The highest BCUT2D eigenvalue weighted by Gasteiger charge is 2.17. The number of aromatic nitrogens is 1. The molecule has 1 rings (SSSR count). The van der Waals surface area contributed by atoms with Gasteiger partial charge in [-0.15, -0.1) is 0 Å². The van der Waals surface area contributed by atoms with E-state index in [-0.39, 0.29) is 21.6 Å². The summed E-state index contributed by atoms with van der Waals surface area (Å²) in [6.07, 6.45) is 1.10. The maximum atomic E-state index is 11.8. The summed E-state index contributed by atoms with van der Waals surface area (Å²) in [6.45, 7) is 1.58. The first-order valence-electron chi connectivity index (χ1n) is 4.99. The van der Waals surface area contributed by atoms with Crippen molar-refractivity contribution in [3.05, 3.63) is 28.0 Å². The average Bonchev–Trinajstić information content (AvgIpc) is 2.18. The lowest BCUT2D eigenvalue weighted by atomic mass is 10.3. The number of nitrogens with one attached hydrogen (secondary N) is 1. The monoisotopic (exact) mass is 310 g/mol. The SMILES string of the molecule is CC(CS(C)(=O)=O)NC(=O)c1nc(Cl)ccc1Cl. The molecule has 0 aliphatic rings. The minimum Gasteiger partial charge on any atom is -0.347 e. The van der Waals surface area contributed by atoms with Crippen LogP contribution < -0.4 is 5.32 Å². The Morgan fingerprint density at radius 2 is 2.06 bits per heavy atom. The van der Waals surface area contributed by atoms with Gasteiger partial charge in [-0.25, -0.2) is 13.4 Å². The van der Waals surface area contributed by atoms with Crippen LogP contribution in [0.4, 0.5) is 0 Å². The zero-order valence-corrected chi connectivity index (χ0v) is 12.1. The summed E-state index contributed by atoms with van der Waals surface area (Å²) in [5.41, 5.74) is -0.0236. The van der Waals surface area contributed by atoms with Gasteiger partial charge in [0.05, 0.1) is 10.8 Å². The number of hydrogen-bond acceptors (Lipinski definition) is 4. The van der Waals surface area contributed by atoms with Crippen molar-refractivity contribution in [1.82, 2.24) is 10.3 Å². The highest BCUT2D eigenvalue weighted by atomic mass is 35.5. The molecule has 100 valence electrons. The number of carbonyl (C=O) groups excluding carboxylic acids is 1. The highest BCUT2D eigenvalue weighted by molar-refractivity contribution is 7.90. The number of rotatable bonds is 4. The lowest BCUT2D eigenvalue weighted by Gasteiger charge is -2.12. The van der Waals surface area contributed by atoms with Crippen molar-refractivity contribution in [3.8, 4) is 0 Å². The summed E-state index contributed by atoms with van der Waals surface area (Å²) in [7, 11) is -3.16. The van der Waals surface area contributed by atoms with Crippen LogP contribution in [0.3, 0.4) is 0 Å². The molecule has 8 heteroatoms. The first-order chi connectivity index (χ1) is 8.19. The van der Waals surface area contributed by atoms with Gasteiger partial charge in [-0.2, -0.15) is 0 Å². The van der Waals surface area contributed by atoms with Gasteiger partial charge in [0, 0.05) is 12.3 Å². The minimum absolute atomic E-state index is 0.0236. The highest BCUT2D eigenvalue weighted by Crippen LogP contribution is 2.16. The van der Waals surface area contributed by atoms with Crippen molar-refractivity contribution in [3.63, 3.8) is 0 Å². The Balaban J connectivity index is 2.80. The second-order valence-electron chi connectivity index (χ2n) is 3.93. The number of amides is 1. The number of halogens is 2. The van der Waals surface area contributed by atoms with Gasteiger partial charge in [-0.05, 0) is 19.1 Å². The second-order valence-corrected chi connectivity index (χ2v) is 6.91. The maximum absolute atomic E-state index is 11.8. The summed E-state index contributed by atoms with van der Waals surface area (Å²) >= 11 is 11.5. The molecule has 0 spiro atoms. The molecule has 1 unspecified atom stereocenters. The first-order valence-corrected chi connectivity index (χ1v) is 7.81. The van der Waals surface area contributed by atoms with Crippen molar-refractivity contribution in [2.24, 2.45) is 0 Å². The van der Waals surface area contributed by atoms with E-state index < -0.39 is 21.8 Å². The fraction of sp³-hybridized carbons (Fsp3) is 0.400. The third-order valence-electron chi connectivity index (χ3n) is 1.96. The van der Waals surface area contributed by atoms with Gasteiger partial charge in [0.15, 0.2) is 0 Å². The Kier molecular flexibility index (Phi) is 4.95. The van der Waals surface area contributed by atoms with E-state index in [1.54, 1.807) is 6.92 Å². The Morgan fingerprint density at radius 3 is 2.61 bits per heavy atom. The number of sulfone groups is 1. The van der Waals surface area contributed by atoms with Crippen LogP contribution in [0.5, 0.6) is 0 Å². The van der Waals surface area contributed by atoms with Gasteiger partial charge < -0.3 is 5.32 Å². The molecular formula is C10H12Cl2N2O3S. The van der Waals surface area contributed by atoms with Gasteiger partial charge in [-0.1, -0.05) is 23.2 Å². The van der Waals surface area contributed by atoms with E-state index in [9.17, 15) is 13.2 Å². The van der Waals surface area contributed by atoms with Crippen molar-refractivity contribution in [2.75, 3.05) is 12.0 Å². The Bertz CT molecular complexity index is 560. The lowest BCUT2D eigenvalue weighted by Crippen LogP contribution is -2.37. The molecule has 1 atom stereocenters. The Morgan fingerprint density at radius 1 is 1.44 bits per heavy atom. The molecule has 1 amide bonds. The van der Waals surface area contributed by atoms with Gasteiger partial charge >= 0.3 is 0 Å². The van der Waals surface area contributed by atoms with Crippen LogP contribution in [-0.2, 0) is 9.84 Å². The average molecular weight is 311 g/mol. The van der Waals surface area contributed by atoms with E-state index in [0.29, 0.717) is 0 Å². The molecule has 0 aliphatic heterocycles. The molecule has 0 bridgehead atoms. The van der Waals surface area contributed by atoms with Crippen molar-refractivity contribution in [2.45, 2.75) is 13.0 Å². The van der Waals surface area contributed by atoms with E-state index >= 15 is 0 Å². The zero-order valence-electron chi connectivity index (χ0n) is 9.78. The zero-order chi connectivity index (χ0) is 13.9. The fourth-order valence-electron chi connectivity index (χ4n) is 1.37. The van der Waals surface area contributed by atoms with Gasteiger partial charge in [0.1, 0.15) is 20.7 Å². The van der Waals surface area contributed by atoms with Crippen molar-refractivity contribution in [1.29, 1.82) is 0 Å². The maximum Gasteiger partial charge on any atom is 0.271 e. The summed E-state index contributed by atoms with van der Waals surface area (Å²) in [5, 5.41) is 2.79. The third kappa shape index (κ3) is 4.80. The molecule has 0 radical (unpaired) electrons. The van der Waals surface area contributed by atoms with Gasteiger partial charge in [-0.3, -0.25) is 4.79 Å². The molecule has 1 aromatic rings. The normalized spacial score (nSPS) is 13.1. The summed E-state index contributed by atoms with van der Waals surface area (Å²) in [4.78, 5) is 15.6. The molecule has 1 N–H and O–H groups in total. The number of pyridine rings is 1. The standard InChI is InChI=1S/C10H12Cl2N2O3S/c1-6(5-18(2,16)17)13-10(15)9-7(11)3-4-8(12)14-9/h3-4,6H,5H2,1-2H3,(H,13,15). The van der Waals surface area contributed by atoms with E-state index in [1.165, 1.54) is 12.1 Å². The molecular weight excluding hydrogens is 299 g/mol. The summed E-state index contributed by atoms with van der Waals surface area (Å²) < 4.78 is 22.1. The Hall–Kier alpha value is -0.850. The molecule has 18 heavy (non-hydrogen) atoms.